The van der Waals surface area contributed by atoms with Crippen LogP contribution in [-0.2, 0) is 36.7 Å². The highest BCUT2D eigenvalue weighted by atomic mass is 19.1. The van der Waals surface area contributed by atoms with E-state index in [1.165, 1.54) is 24.3 Å². The largest absolute Gasteiger partial charge is 0.493 e. The molecule has 6 nitrogen and oxygen atoms in total. The zero-order valence-corrected chi connectivity index (χ0v) is 17.7. The quantitative estimate of drug-likeness (QED) is 0.683. The van der Waals surface area contributed by atoms with Gasteiger partial charge in [0, 0.05) is 20.8 Å². The molecule has 2 aromatic rings. The van der Waals surface area contributed by atoms with Crippen molar-refractivity contribution in [1.29, 1.82) is 0 Å². The second-order valence-electron chi connectivity index (χ2n) is 7.26. The number of ether oxygens (including phenoxy) is 2. The topological polar surface area (TPSA) is 66.4 Å². The summed E-state index contributed by atoms with van der Waals surface area (Å²) in [6.45, 7) is 1.30. The first-order valence-electron chi connectivity index (χ1n) is 10.2. The van der Waals surface area contributed by atoms with Gasteiger partial charge in [-0.15, -0.1) is 0 Å². The van der Waals surface area contributed by atoms with Crippen molar-refractivity contribution in [2.24, 2.45) is 0 Å². The third kappa shape index (κ3) is 7.10. The predicted octanol–water partition coefficient (Wildman–Crippen LogP) is 2.54. The lowest BCUT2D eigenvalue weighted by Gasteiger charge is -2.23. The van der Waals surface area contributed by atoms with Gasteiger partial charge < -0.3 is 28.5 Å². The molecule has 1 unspecified atom stereocenters. The van der Waals surface area contributed by atoms with Crippen molar-refractivity contribution in [3.63, 3.8) is 0 Å². The zero-order chi connectivity index (χ0) is 22.2. The summed E-state index contributed by atoms with van der Waals surface area (Å²) in [6.07, 6.45) is 2.84. The van der Waals surface area contributed by atoms with Gasteiger partial charge in [0.25, 0.3) is 0 Å². The highest BCUT2D eigenvalue weighted by Crippen LogP contribution is 2.16. The fourth-order valence-corrected chi connectivity index (χ4v) is 3.50. The summed E-state index contributed by atoms with van der Waals surface area (Å²) in [5.74, 6) is -0.593. The van der Waals surface area contributed by atoms with Gasteiger partial charge in [-0.25, -0.2) is 8.78 Å². The molecule has 1 saturated heterocycles. The lowest BCUT2D eigenvalue weighted by atomic mass is 9.76. The molecule has 1 fully saturated rings. The van der Waals surface area contributed by atoms with E-state index in [1.54, 1.807) is 26.4 Å². The molecule has 2 aromatic carbocycles. The van der Waals surface area contributed by atoms with Crippen LogP contribution in [0.2, 0.25) is 0 Å². The summed E-state index contributed by atoms with van der Waals surface area (Å²) in [5.41, 5.74) is 2.89. The zero-order valence-electron chi connectivity index (χ0n) is 17.7. The van der Waals surface area contributed by atoms with Gasteiger partial charge in [-0.1, -0.05) is 19.6 Å². The third-order valence-electron chi connectivity index (χ3n) is 5.12. The number of hydrogen-bond donors (Lipinski definition) is 1. The lowest BCUT2D eigenvalue weighted by molar-refractivity contribution is -0.168. The first-order chi connectivity index (χ1) is 15.0. The standard InChI is InChI=1S/C14H20BFO4.C7H6BFO2.CH4/c1-17-15(18-2)13-7-6-12(16)9-11(13)10-20-14-5-3-4-8-19-14;9-6-1-2-7-5(3-6)4-11-8(7)10;/h6-7,9,14H,3-5,8,10H2,1-2H3;1-3,10H,4H2;1H4. The van der Waals surface area contributed by atoms with Crippen molar-refractivity contribution in [2.75, 3.05) is 20.8 Å². The average Bonchev–Trinajstić information content (AvgIpc) is 3.15. The van der Waals surface area contributed by atoms with E-state index in [1.807, 2.05) is 0 Å². The maximum absolute atomic E-state index is 13.4. The molecule has 1 atom stereocenters. The smallest absolute Gasteiger partial charge is 0.423 e. The molecular formula is C22H30B2F2O6. The Labute approximate surface area is 189 Å². The molecule has 4 rings (SSSR count). The second-order valence-corrected chi connectivity index (χ2v) is 7.26. The van der Waals surface area contributed by atoms with E-state index in [0.717, 1.165) is 36.9 Å². The van der Waals surface area contributed by atoms with Crippen LogP contribution in [0.25, 0.3) is 0 Å². The first-order valence-corrected chi connectivity index (χ1v) is 10.2. The van der Waals surface area contributed by atoms with Gasteiger partial charge in [-0.05, 0) is 65.6 Å². The number of hydrogen-bond acceptors (Lipinski definition) is 6. The van der Waals surface area contributed by atoms with Gasteiger partial charge in [0.1, 0.15) is 11.6 Å². The van der Waals surface area contributed by atoms with Crippen molar-refractivity contribution in [3.05, 3.63) is 59.2 Å². The minimum Gasteiger partial charge on any atom is -0.423 e. The van der Waals surface area contributed by atoms with Crippen LogP contribution in [-0.4, -0.2) is 46.4 Å². The van der Waals surface area contributed by atoms with Gasteiger partial charge in [0.15, 0.2) is 6.29 Å². The number of benzene rings is 2. The molecule has 0 aromatic heterocycles. The molecule has 2 aliphatic rings. The maximum atomic E-state index is 13.4. The Morgan fingerprint density at radius 3 is 2.50 bits per heavy atom. The van der Waals surface area contributed by atoms with Crippen molar-refractivity contribution in [1.82, 2.24) is 0 Å². The molecule has 32 heavy (non-hydrogen) atoms. The number of halogens is 2. The molecule has 0 bridgehead atoms. The van der Waals surface area contributed by atoms with Crippen molar-refractivity contribution >= 4 is 25.2 Å². The Bertz CT molecular complexity index is 847. The molecule has 10 heteroatoms. The van der Waals surface area contributed by atoms with Crippen LogP contribution in [0.1, 0.15) is 37.8 Å². The van der Waals surface area contributed by atoms with Crippen LogP contribution in [0.3, 0.4) is 0 Å². The minimum absolute atomic E-state index is 0. The lowest BCUT2D eigenvalue weighted by Crippen LogP contribution is -2.38. The molecule has 2 heterocycles. The van der Waals surface area contributed by atoms with E-state index in [4.69, 9.17) is 28.5 Å². The molecule has 2 aliphatic heterocycles. The summed E-state index contributed by atoms with van der Waals surface area (Å²) < 4.78 is 52.5. The van der Waals surface area contributed by atoms with E-state index in [9.17, 15) is 8.78 Å². The normalized spacial score (nSPS) is 17.2. The van der Waals surface area contributed by atoms with Crippen LogP contribution >= 0.6 is 0 Å². The van der Waals surface area contributed by atoms with E-state index in [-0.39, 0.29) is 32.0 Å². The summed E-state index contributed by atoms with van der Waals surface area (Å²) >= 11 is 0. The van der Waals surface area contributed by atoms with Crippen molar-refractivity contribution < 1.29 is 37.2 Å². The molecule has 0 saturated carbocycles. The van der Waals surface area contributed by atoms with Gasteiger partial charge in [-0.2, -0.15) is 0 Å². The Balaban J connectivity index is 0.000000255. The van der Waals surface area contributed by atoms with Gasteiger partial charge >= 0.3 is 14.2 Å². The summed E-state index contributed by atoms with van der Waals surface area (Å²) in [6, 6.07) is 8.74. The molecular weight excluding hydrogens is 420 g/mol. The van der Waals surface area contributed by atoms with Gasteiger partial charge in [-0.3, -0.25) is 0 Å². The minimum atomic E-state index is -0.870. The Hall–Kier alpha value is -1.81. The van der Waals surface area contributed by atoms with Gasteiger partial charge in [0.2, 0.25) is 0 Å². The fourth-order valence-electron chi connectivity index (χ4n) is 3.50. The fraction of sp³-hybridized carbons (Fsp3) is 0.455. The van der Waals surface area contributed by atoms with Crippen LogP contribution in [0, 0.1) is 11.6 Å². The highest BCUT2D eigenvalue weighted by Gasteiger charge is 2.27. The molecule has 174 valence electrons. The number of fused-ring (bicyclic) bond motifs is 1. The monoisotopic (exact) mass is 450 g/mol. The van der Waals surface area contributed by atoms with Crippen LogP contribution in [0.4, 0.5) is 8.78 Å². The van der Waals surface area contributed by atoms with E-state index in [2.05, 4.69) is 0 Å². The second kappa shape index (κ2) is 13.0. The Morgan fingerprint density at radius 2 is 1.81 bits per heavy atom. The van der Waals surface area contributed by atoms with Gasteiger partial charge in [0.05, 0.1) is 13.2 Å². The maximum Gasteiger partial charge on any atom is 0.493 e. The SMILES string of the molecule is C.COB(OC)c1ccc(F)cc1COC1CCCCO1.OB1OCc2cc(F)ccc21. The van der Waals surface area contributed by atoms with E-state index >= 15 is 0 Å². The van der Waals surface area contributed by atoms with Crippen molar-refractivity contribution in [2.45, 2.75) is 46.2 Å². The Kier molecular flexibility index (Phi) is 10.8. The summed E-state index contributed by atoms with van der Waals surface area (Å²) in [5, 5.41) is 9.13. The summed E-state index contributed by atoms with van der Waals surface area (Å²) in [7, 11) is 1.70. The molecule has 0 aliphatic carbocycles. The van der Waals surface area contributed by atoms with E-state index < -0.39 is 14.2 Å². The first kappa shape index (κ1) is 26.4. The number of rotatable bonds is 6. The molecule has 1 N–H and O–H groups in total. The molecule has 0 spiro atoms. The molecule has 0 radical (unpaired) electrons. The summed E-state index contributed by atoms with van der Waals surface area (Å²) in [4.78, 5) is 0. The Morgan fingerprint density at radius 1 is 1.09 bits per heavy atom. The molecule has 0 amide bonds. The van der Waals surface area contributed by atoms with Crippen LogP contribution in [0.5, 0.6) is 0 Å². The van der Waals surface area contributed by atoms with Crippen LogP contribution in [0.15, 0.2) is 36.4 Å². The average molecular weight is 450 g/mol. The highest BCUT2D eigenvalue weighted by molar-refractivity contribution is 6.62. The van der Waals surface area contributed by atoms with Crippen LogP contribution < -0.4 is 10.9 Å². The van der Waals surface area contributed by atoms with E-state index in [0.29, 0.717) is 17.6 Å². The predicted molar refractivity (Wildman–Crippen MR) is 120 cm³/mol. The van der Waals surface area contributed by atoms with Crippen molar-refractivity contribution in [3.8, 4) is 0 Å². The third-order valence-corrected chi connectivity index (χ3v) is 5.12.